The monoisotopic (exact) mass is 479 g/mol. The van der Waals surface area contributed by atoms with Crippen LogP contribution in [0.15, 0.2) is 0 Å². The molecule has 14 heteroatoms. The molecule has 0 aromatic heterocycles. The van der Waals surface area contributed by atoms with Crippen LogP contribution in [0.4, 0.5) is 9.59 Å². The smallest absolute Gasteiger partial charge is 0.444 e. The van der Waals surface area contributed by atoms with Crippen molar-refractivity contribution in [3.8, 4) is 0 Å². The van der Waals surface area contributed by atoms with Gasteiger partial charge in [-0.25, -0.2) is 18.0 Å². The lowest BCUT2D eigenvalue weighted by Crippen LogP contribution is -2.37. The van der Waals surface area contributed by atoms with Crippen molar-refractivity contribution >= 4 is 39.8 Å². The number of imide groups is 1. The Morgan fingerprint density at radius 1 is 1.06 bits per heavy atom. The molecule has 1 unspecified atom stereocenters. The fraction of sp³-hybridized carbons (Fsp3) is 0.722. The van der Waals surface area contributed by atoms with Crippen LogP contribution >= 0.6 is 0 Å². The largest absolute Gasteiger partial charge is 0.534 e. The number of carbonyl (C=O) groups excluding carboxylic acids is 5. The number of hydrogen-bond acceptors (Lipinski definition) is 10. The van der Waals surface area contributed by atoms with Crippen molar-refractivity contribution in [2.75, 3.05) is 24.6 Å². The number of ether oxygens (including phenoxy) is 2. The van der Waals surface area contributed by atoms with Crippen LogP contribution in [0, 0.1) is 0 Å². The van der Waals surface area contributed by atoms with E-state index in [0.717, 1.165) is 0 Å². The van der Waals surface area contributed by atoms with E-state index in [2.05, 4.69) is 15.5 Å². The van der Waals surface area contributed by atoms with Gasteiger partial charge in [0.05, 0.1) is 11.5 Å². The maximum absolute atomic E-state index is 12.1. The zero-order chi connectivity index (χ0) is 24.5. The fourth-order valence-electron chi connectivity index (χ4n) is 2.42. The minimum Gasteiger partial charge on any atom is -0.444 e. The van der Waals surface area contributed by atoms with Gasteiger partial charge in [0.15, 0.2) is 9.84 Å². The molecular weight excluding hydrogens is 450 g/mol. The zero-order valence-corrected chi connectivity index (χ0v) is 19.3. The normalized spacial score (nSPS) is 15.2. The van der Waals surface area contributed by atoms with E-state index in [1.54, 1.807) is 20.8 Å². The van der Waals surface area contributed by atoms with Crippen LogP contribution in [0.3, 0.4) is 0 Å². The zero-order valence-electron chi connectivity index (χ0n) is 18.5. The van der Waals surface area contributed by atoms with E-state index in [-0.39, 0.29) is 37.4 Å². The van der Waals surface area contributed by atoms with Gasteiger partial charge in [0.2, 0.25) is 5.91 Å². The van der Waals surface area contributed by atoms with Crippen molar-refractivity contribution in [2.45, 2.75) is 58.7 Å². The fourth-order valence-corrected chi connectivity index (χ4v) is 3.78. The predicted octanol–water partition coefficient (Wildman–Crippen LogP) is 0.0379. The van der Waals surface area contributed by atoms with Crippen LogP contribution in [0.5, 0.6) is 0 Å². The van der Waals surface area contributed by atoms with Gasteiger partial charge in [-0.15, -0.1) is 0 Å². The van der Waals surface area contributed by atoms with Crippen molar-refractivity contribution < 1.29 is 46.7 Å². The summed E-state index contributed by atoms with van der Waals surface area (Å²) in [7, 11) is -3.71. The molecule has 0 saturated carbocycles. The second kappa shape index (κ2) is 11.6. The Hall–Kier alpha value is -2.90. The number of sulfone groups is 1. The molecule has 0 aromatic rings. The van der Waals surface area contributed by atoms with E-state index >= 15 is 0 Å². The lowest BCUT2D eigenvalue weighted by Gasteiger charge is -2.19. The molecule has 1 atom stereocenters. The summed E-state index contributed by atoms with van der Waals surface area (Å²) in [6.45, 7) is 6.23. The summed E-state index contributed by atoms with van der Waals surface area (Å²) < 4.78 is 34.0. The van der Waals surface area contributed by atoms with Crippen LogP contribution < -0.4 is 10.6 Å². The van der Waals surface area contributed by atoms with Crippen LogP contribution in [-0.4, -0.2) is 79.8 Å². The Balaban J connectivity index is 2.27. The molecule has 32 heavy (non-hydrogen) atoms. The minimum absolute atomic E-state index is 0.0164. The molecule has 1 aliphatic heterocycles. The third-order valence-corrected chi connectivity index (χ3v) is 5.52. The first-order valence-electron chi connectivity index (χ1n) is 9.87. The third-order valence-electron chi connectivity index (χ3n) is 3.71. The maximum atomic E-state index is 12.1. The van der Waals surface area contributed by atoms with Crippen LogP contribution in [-0.2, 0) is 38.5 Å². The molecule has 0 radical (unpaired) electrons. The van der Waals surface area contributed by atoms with Crippen molar-refractivity contribution in [1.29, 1.82) is 0 Å². The summed E-state index contributed by atoms with van der Waals surface area (Å²) in [5, 5.41) is 5.10. The molecule has 0 spiro atoms. The quantitative estimate of drug-likeness (QED) is 0.321. The summed E-state index contributed by atoms with van der Waals surface area (Å²) in [5.41, 5.74) is -0.665. The number of hydroxylamine groups is 2. The van der Waals surface area contributed by atoms with E-state index in [4.69, 9.17) is 9.47 Å². The number of nitrogens with zero attached hydrogens (tertiary/aromatic N) is 1. The summed E-state index contributed by atoms with van der Waals surface area (Å²) in [4.78, 5) is 62.1. The van der Waals surface area contributed by atoms with Crippen LogP contribution in [0.1, 0.15) is 47.0 Å². The van der Waals surface area contributed by atoms with Gasteiger partial charge >= 0.3 is 12.2 Å². The minimum atomic E-state index is -3.71. The summed E-state index contributed by atoms with van der Waals surface area (Å²) in [5.74, 6) is -2.82. The highest BCUT2D eigenvalue weighted by Crippen LogP contribution is 2.13. The number of carbonyl (C=O) groups is 5. The summed E-state index contributed by atoms with van der Waals surface area (Å²) >= 11 is 0. The third kappa shape index (κ3) is 10.9. The first-order valence-corrected chi connectivity index (χ1v) is 11.7. The van der Waals surface area contributed by atoms with E-state index in [1.807, 2.05) is 0 Å². The molecule has 0 aromatic carbocycles. The molecule has 1 aliphatic rings. The summed E-state index contributed by atoms with van der Waals surface area (Å²) in [6, 6.07) is 0. The molecule has 13 nitrogen and oxygen atoms in total. The van der Waals surface area contributed by atoms with Crippen molar-refractivity contribution in [3.63, 3.8) is 0 Å². The van der Waals surface area contributed by atoms with Gasteiger partial charge in [0.25, 0.3) is 11.8 Å². The standard InChI is InChI=1S/C18H29N3O10S/c1-12(29-17(26)31-21-14(23)5-6-15(21)24)11-32(27,28)10-9-19-13(22)7-8-20-16(25)30-18(2,3)4/h12H,5-11H2,1-4H3,(H,19,22)(H,20,25). The molecule has 1 saturated heterocycles. The van der Waals surface area contributed by atoms with Gasteiger partial charge in [0.1, 0.15) is 11.7 Å². The van der Waals surface area contributed by atoms with Gasteiger partial charge in [-0.05, 0) is 27.7 Å². The van der Waals surface area contributed by atoms with E-state index < -0.39 is 63.0 Å². The van der Waals surface area contributed by atoms with Crippen molar-refractivity contribution in [1.82, 2.24) is 15.7 Å². The predicted molar refractivity (Wildman–Crippen MR) is 109 cm³/mol. The molecule has 0 aliphatic carbocycles. The van der Waals surface area contributed by atoms with Crippen LogP contribution in [0.25, 0.3) is 0 Å². The molecule has 4 amide bonds. The van der Waals surface area contributed by atoms with Crippen molar-refractivity contribution in [3.05, 3.63) is 0 Å². The lowest BCUT2D eigenvalue weighted by molar-refractivity contribution is -0.178. The van der Waals surface area contributed by atoms with Crippen LogP contribution in [0.2, 0.25) is 0 Å². The number of alkyl carbamates (subject to hydrolysis) is 1. The maximum Gasteiger partial charge on any atom is 0.534 e. The average Bonchev–Trinajstić information content (AvgIpc) is 2.91. The van der Waals surface area contributed by atoms with E-state index in [9.17, 15) is 32.4 Å². The Labute approximate surface area is 186 Å². The molecule has 0 bridgehead atoms. The Morgan fingerprint density at radius 3 is 2.22 bits per heavy atom. The Bertz CT molecular complexity index is 818. The van der Waals surface area contributed by atoms with Gasteiger partial charge in [0, 0.05) is 32.4 Å². The van der Waals surface area contributed by atoms with Gasteiger partial charge < -0.3 is 20.1 Å². The Morgan fingerprint density at radius 2 is 1.66 bits per heavy atom. The number of amides is 4. The second-order valence-electron chi connectivity index (χ2n) is 7.99. The summed E-state index contributed by atoms with van der Waals surface area (Å²) in [6.07, 6.45) is -3.40. The highest BCUT2D eigenvalue weighted by atomic mass is 32.2. The molecular formula is C18H29N3O10S. The lowest BCUT2D eigenvalue weighted by atomic mass is 10.2. The average molecular weight is 480 g/mol. The van der Waals surface area contributed by atoms with Gasteiger partial charge in [-0.1, -0.05) is 5.06 Å². The van der Waals surface area contributed by atoms with Gasteiger partial charge in [-0.3, -0.25) is 19.2 Å². The molecule has 1 heterocycles. The number of rotatable bonds is 10. The van der Waals surface area contributed by atoms with E-state index in [1.165, 1.54) is 6.92 Å². The SMILES string of the molecule is CC(CS(=O)(=O)CCNC(=O)CCNC(=O)OC(C)(C)C)OC(=O)ON1C(=O)CCC1=O. The second-order valence-corrected chi connectivity index (χ2v) is 10.2. The Kier molecular flexibility index (Phi) is 9.87. The molecule has 182 valence electrons. The topological polar surface area (TPSA) is 174 Å². The highest BCUT2D eigenvalue weighted by Gasteiger charge is 2.34. The number of nitrogens with one attached hydrogen (secondary N) is 2. The van der Waals surface area contributed by atoms with Gasteiger partial charge in [-0.2, -0.15) is 0 Å². The molecule has 2 N–H and O–H groups in total. The highest BCUT2D eigenvalue weighted by molar-refractivity contribution is 7.91. The van der Waals surface area contributed by atoms with Crippen molar-refractivity contribution in [2.24, 2.45) is 0 Å². The first kappa shape index (κ1) is 27.1. The molecule has 1 rings (SSSR count). The first-order chi connectivity index (χ1) is 14.7. The van der Waals surface area contributed by atoms with E-state index in [0.29, 0.717) is 0 Å². The molecule has 1 fully saturated rings. The number of hydrogen-bond donors (Lipinski definition) is 2.